The first-order valence-electron chi connectivity index (χ1n) is 5.10. The third kappa shape index (κ3) is 9.52. The molecule has 0 aliphatic rings. The van der Waals surface area contributed by atoms with Gasteiger partial charge in [0, 0.05) is 18.0 Å². The summed E-state index contributed by atoms with van der Waals surface area (Å²) in [5, 5.41) is 3.36. The Balaban J connectivity index is 3.53. The zero-order valence-corrected chi connectivity index (χ0v) is 9.83. The molecule has 0 heterocycles. The summed E-state index contributed by atoms with van der Waals surface area (Å²) in [6.45, 7) is 2.80. The van der Waals surface area contributed by atoms with Crippen LogP contribution in [0.25, 0.3) is 10.4 Å². The fraction of sp³-hybridized carbons (Fsp3) is 1.00. The highest BCUT2D eigenvalue weighted by Gasteiger charge is 2.07. The molecule has 0 bridgehead atoms. The Labute approximate surface area is 90.7 Å². The smallest absolute Gasteiger partial charge is 0.211 e. The molecular formula is C8H18N4O2S. The van der Waals surface area contributed by atoms with Crippen molar-refractivity contribution in [3.8, 4) is 0 Å². The summed E-state index contributed by atoms with van der Waals surface area (Å²) in [6, 6.07) is 0. The molecule has 0 aliphatic carbocycles. The van der Waals surface area contributed by atoms with Gasteiger partial charge in [0.05, 0.1) is 5.75 Å². The average Bonchev–Trinajstić information content (AvgIpc) is 2.20. The minimum absolute atomic E-state index is 0.194. The SMILES string of the molecule is CCCCS(=O)(=O)NCCCCN=[N+]=[N-]. The Morgan fingerprint density at radius 1 is 1.33 bits per heavy atom. The van der Waals surface area contributed by atoms with Crippen LogP contribution in [0.3, 0.4) is 0 Å². The number of sulfonamides is 1. The molecule has 6 nitrogen and oxygen atoms in total. The normalized spacial score (nSPS) is 11.0. The lowest BCUT2D eigenvalue weighted by atomic mass is 10.3. The van der Waals surface area contributed by atoms with Crippen LogP contribution >= 0.6 is 0 Å². The molecule has 0 rings (SSSR count). The van der Waals surface area contributed by atoms with Crippen LogP contribution in [0.15, 0.2) is 5.11 Å². The van der Waals surface area contributed by atoms with E-state index in [2.05, 4.69) is 14.7 Å². The monoisotopic (exact) mass is 234 g/mol. The molecule has 0 spiro atoms. The van der Waals surface area contributed by atoms with Crippen molar-refractivity contribution >= 4 is 10.0 Å². The molecule has 0 saturated heterocycles. The fourth-order valence-corrected chi connectivity index (χ4v) is 2.25. The summed E-state index contributed by atoms with van der Waals surface area (Å²) in [6.07, 6.45) is 2.97. The van der Waals surface area contributed by atoms with E-state index in [1.165, 1.54) is 0 Å². The summed E-state index contributed by atoms with van der Waals surface area (Å²) in [5.74, 6) is 0.194. The van der Waals surface area contributed by atoms with Gasteiger partial charge in [-0.3, -0.25) is 0 Å². The Morgan fingerprint density at radius 2 is 2.07 bits per heavy atom. The Bertz CT molecular complexity index is 296. The van der Waals surface area contributed by atoms with Gasteiger partial charge in [0.2, 0.25) is 10.0 Å². The van der Waals surface area contributed by atoms with Gasteiger partial charge >= 0.3 is 0 Å². The van der Waals surface area contributed by atoms with Gasteiger partial charge in [-0.05, 0) is 24.8 Å². The first-order chi connectivity index (χ1) is 7.12. The molecule has 88 valence electrons. The second-order valence-corrected chi connectivity index (χ2v) is 5.15. The van der Waals surface area contributed by atoms with Crippen molar-refractivity contribution in [1.29, 1.82) is 0 Å². The van der Waals surface area contributed by atoms with Crippen LogP contribution in [0.1, 0.15) is 32.6 Å². The first kappa shape index (κ1) is 14.2. The van der Waals surface area contributed by atoms with Crippen molar-refractivity contribution < 1.29 is 8.42 Å². The largest absolute Gasteiger partial charge is 0.215 e. The first-order valence-corrected chi connectivity index (χ1v) is 6.76. The highest BCUT2D eigenvalue weighted by molar-refractivity contribution is 7.89. The van der Waals surface area contributed by atoms with Crippen LogP contribution in [0.4, 0.5) is 0 Å². The van der Waals surface area contributed by atoms with Crippen molar-refractivity contribution in [3.63, 3.8) is 0 Å². The molecular weight excluding hydrogens is 216 g/mol. The van der Waals surface area contributed by atoms with Gasteiger partial charge in [0.1, 0.15) is 0 Å². The van der Waals surface area contributed by atoms with Crippen molar-refractivity contribution in [2.45, 2.75) is 32.6 Å². The van der Waals surface area contributed by atoms with Crippen molar-refractivity contribution in [2.75, 3.05) is 18.8 Å². The van der Waals surface area contributed by atoms with Crippen molar-refractivity contribution in [3.05, 3.63) is 10.4 Å². The number of nitrogens with zero attached hydrogens (tertiary/aromatic N) is 3. The lowest BCUT2D eigenvalue weighted by Crippen LogP contribution is -2.27. The lowest BCUT2D eigenvalue weighted by Gasteiger charge is -2.04. The molecule has 0 atom stereocenters. The van der Waals surface area contributed by atoms with Gasteiger partial charge in [-0.2, -0.15) is 0 Å². The van der Waals surface area contributed by atoms with E-state index in [1.807, 2.05) is 6.92 Å². The number of hydrogen-bond acceptors (Lipinski definition) is 3. The highest BCUT2D eigenvalue weighted by Crippen LogP contribution is 1.95. The lowest BCUT2D eigenvalue weighted by molar-refractivity contribution is 0.574. The quantitative estimate of drug-likeness (QED) is 0.285. The van der Waals surface area contributed by atoms with Gasteiger partial charge in [-0.1, -0.05) is 18.5 Å². The van der Waals surface area contributed by atoms with E-state index in [-0.39, 0.29) is 5.75 Å². The molecule has 0 fully saturated rings. The van der Waals surface area contributed by atoms with E-state index < -0.39 is 10.0 Å². The summed E-state index contributed by atoms with van der Waals surface area (Å²) >= 11 is 0. The van der Waals surface area contributed by atoms with Crippen LogP contribution in [-0.4, -0.2) is 27.3 Å². The van der Waals surface area contributed by atoms with Gasteiger partial charge in [0.25, 0.3) is 0 Å². The maximum absolute atomic E-state index is 11.3. The van der Waals surface area contributed by atoms with E-state index in [1.54, 1.807) is 0 Å². The Kier molecular flexibility index (Phi) is 8.08. The standard InChI is InChI=1S/C8H18N4O2S/c1-2-3-8-15(13,14)11-7-5-4-6-10-12-9/h11H,2-8H2,1H3. The molecule has 1 N–H and O–H groups in total. The van der Waals surface area contributed by atoms with Gasteiger partial charge in [-0.15, -0.1) is 0 Å². The summed E-state index contributed by atoms with van der Waals surface area (Å²) < 4.78 is 25.1. The van der Waals surface area contributed by atoms with E-state index in [9.17, 15) is 8.42 Å². The van der Waals surface area contributed by atoms with E-state index in [4.69, 9.17) is 5.53 Å². The molecule has 0 aromatic rings. The van der Waals surface area contributed by atoms with Crippen LogP contribution in [0, 0.1) is 0 Å². The van der Waals surface area contributed by atoms with E-state index >= 15 is 0 Å². The second kappa shape index (κ2) is 8.52. The molecule has 0 amide bonds. The predicted molar refractivity (Wildman–Crippen MR) is 59.9 cm³/mol. The number of hydrogen-bond donors (Lipinski definition) is 1. The molecule has 0 aliphatic heterocycles. The van der Waals surface area contributed by atoms with Gasteiger partial charge in [0.15, 0.2) is 0 Å². The molecule has 0 saturated carbocycles. The molecule has 0 aromatic carbocycles. The zero-order valence-electron chi connectivity index (χ0n) is 9.02. The van der Waals surface area contributed by atoms with E-state index in [0.29, 0.717) is 32.4 Å². The number of rotatable bonds is 9. The predicted octanol–water partition coefficient (Wildman–Crippen LogP) is 1.80. The highest BCUT2D eigenvalue weighted by atomic mass is 32.2. The maximum Gasteiger partial charge on any atom is 0.211 e. The minimum atomic E-state index is -3.09. The molecule has 15 heavy (non-hydrogen) atoms. The minimum Gasteiger partial charge on any atom is -0.215 e. The number of unbranched alkanes of at least 4 members (excludes halogenated alkanes) is 2. The Morgan fingerprint density at radius 3 is 2.67 bits per heavy atom. The summed E-state index contributed by atoms with van der Waals surface area (Å²) in [5.41, 5.74) is 8.00. The fourth-order valence-electron chi connectivity index (χ4n) is 0.986. The third-order valence-electron chi connectivity index (χ3n) is 1.84. The molecule has 0 unspecified atom stereocenters. The van der Waals surface area contributed by atoms with Crippen LogP contribution < -0.4 is 4.72 Å². The number of nitrogens with one attached hydrogen (secondary N) is 1. The summed E-state index contributed by atoms with van der Waals surface area (Å²) in [4.78, 5) is 2.61. The maximum atomic E-state index is 11.3. The van der Waals surface area contributed by atoms with Crippen LogP contribution in [0.5, 0.6) is 0 Å². The van der Waals surface area contributed by atoms with Gasteiger partial charge < -0.3 is 0 Å². The number of azide groups is 1. The zero-order chi connectivity index (χ0) is 11.6. The average molecular weight is 234 g/mol. The molecule has 0 radical (unpaired) electrons. The van der Waals surface area contributed by atoms with Gasteiger partial charge in [-0.25, -0.2) is 13.1 Å². The Hall–Kier alpha value is -0.780. The third-order valence-corrected chi connectivity index (χ3v) is 3.31. The molecule has 7 heteroatoms. The summed E-state index contributed by atoms with van der Waals surface area (Å²) in [7, 11) is -3.09. The van der Waals surface area contributed by atoms with Crippen LogP contribution in [-0.2, 0) is 10.0 Å². The van der Waals surface area contributed by atoms with Crippen molar-refractivity contribution in [1.82, 2.24) is 4.72 Å². The van der Waals surface area contributed by atoms with E-state index in [0.717, 1.165) is 6.42 Å². The topological polar surface area (TPSA) is 94.9 Å². The van der Waals surface area contributed by atoms with Crippen LogP contribution in [0.2, 0.25) is 0 Å². The van der Waals surface area contributed by atoms with Crippen molar-refractivity contribution in [2.24, 2.45) is 5.11 Å². The molecule has 0 aromatic heterocycles. The second-order valence-electron chi connectivity index (χ2n) is 3.23.